The van der Waals surface area contributed by atoms with Crippen molar-refractivity contribution >= 4 is 44.7 Å². The molecule has 2 aromatic carbocycles. The van der Waals surface area contributed by atoms with Crippen LogP contribution in [0, 0.1) is 0 Å². The van der Waals surface area contributed by atoms with Crippen LogP contribution in [0.4, 0.5) is 5.00 Å². The van der Waals surface area contributed by atoms with Crippen LogP contribution in [0.2, 0.25) is 5.02 Å². The van der Waals surface area contributed by atoms with Crippen LogP contribution in [-0.2, 0) is 4.79 Å². The van der Waals surface area contributed by atoms with E-state index in [4.69, 9.17) is 16.6 Å². The van der Waals surface area contributed by atoms with Crippen LogP contribution < -0.4 is 10.9 Å². The van der Waals surface area contributed by atoms with E-state index in [0.717, 1.165) is 16.1 Å². The van der Waals surface area contributed by atoms with Crippen molar-refractivity contribution in [2.75, 3.05) is 5.32 Å². The second-order valence-electron chi connectivity index (χ2n) is 7.22. The summed E-state index contributed by atoms with van der Waals surface area (Å²) >= 11 is 7.39. The molecule has 0 fully saturated rings. The van der Waals surface area contributed by atoms with Gasteiger partial charge in [0.05, 0.1) is 22.1 Å². The van der Waals surface area contributed by atoms with Crippen molar-refractivity contribution in [3.63, 3.8) is 0 Å². The normalized spacial score (nSPS) is 11.0. The van der Waals surface area contributed by atoms with E-state index in [1.54, 1.807) is 24.4 Å². The lowest BCUT2D eigenvalue weighted by atomic mass is 10.1. The SMILES string of the molecule is CC(=O)Nc1cnc(-c2ccc(-c3nc4ccccc4c(=O)n3-c3ccc(Cl)cn3)cc2)s1. The Kier molecular flexibility index (Phi) is 5.45. The van der Waals surface area contributed by atoms with Crippen LogP contribution in [0.3, 0.4) is 0 Å². The first-order valence-corrected chi connectivity index (χ1v) is 11.2. The van der Waals surface area contributed by atoms with Gasteiger partial charge < -0.3 is 5.32 Å². The van der Waals surface area contributed by atoms with Crippen LogP contribution in [0.25, 0.3) is 38.7 Å². The lowest BCUT2D eigenvalue weighted by Gasteiger charge is -2.13. The minimum atomic E-state index is -0.214. The number of amides is 1. The number of carbonyl (C=O) groups excluding carboxylic acids is 1. The number of thiazole rings is 1. The fourth-order valence-corrected chi connectivity index (χ4v) is 4.42. The van der Waals surface area contributed by atoms with Crippen molar-refractivity contribution < 1.29 is 4.79 Å². The first-order valence-electron chi connectivity index (χ1n) is 9.97. The Morgan fingerprint density at radius 1 is 0.970 bits per heavy atom. The first-order chi connectivity index (χ1) is 16.0. The molecule has 162 valence electrons. The van der Waals surface area contributed by atoms with Gasteiger partial charge in [0, 0.05) is 24.2 Å². The smallest absolute Gasteiger partial charge is 0.267 e. The van der Waals surface area contributed by atoms with Gasteiger partial charge in [-0.1, -0.05) is 59.3 Å². The van der Waals surface area contributed by atoms with Gasteiger partial charge in [0.25, 0.3) is 5.56 Å². The van der Waals surface area contributed by atoms with E-state index >= 15 is 0 Å². The van der Waals surface area contributed by atoms with E-state index < -0.39 is 0 Å². The zero-order chi connectivity index (χ0) is 22.9. The Bertz CT molecular complexity index is 1540. The number of hydrogen-bond donors (Lipinski definition) is 1. The van der Waals surface area contributed by atoms with Gasteiger partial charge in [-0.3, -0.25) is 9.59 Å². The molecule has 1 N–H and O–H groups in total. The molecule has 33 heavy (non-hydrogen) atoms. The maximum absolute atomic E-state index is 13.4. The summed E-state index contributed by atoms with van der Waals surface area (Å²) in [7, 11) is 0. The summed E-state index contributed by atoms with van der Waals surface area (Å²) in [5.41, 5.74) is 2.03. The molecule has 0 aliphatic heterocycles. The van der Waals surface area contributed by atoms with Gasteiger partial charge in [-0.2, -0.15) is 0 Å². The molecule has 1 amide bonds. The van der Waals surface area contributed by atoms with Crippen LogP contribution >= 0.6 is 22.9 Å². The van der Waals surface area contributed by atoms with Crippen LogP contribution in [0.15, 0.2) is 77.9 Å². The molecule has 5 aromatic rings. The third-order valence-corrected chi connectivity index (χ3v) is 6.10. The molecule has 0 unspecified atom stereocenters. The van der Waals surface area contributed by atoms with E-state index in [9.17, 15) is 9.59 Å². The number of nitrogens with one attached hydrogen (secondary N) is 1. The highest BCUT2D eigenvalue weighted by molar-refractivity contribution is 7.19. The van der Waals surface area contributed by atoms with Crippen molar-refractivity contribution in [2.45, 2.75) is 6.92 Å². The minimum absolute atomic E-state index is 0.142. The van der Waals surface area contributed by atoms with Gasteiger partial charge in [-0.15, -0.1) is 0 Å². The fourth-order valence-electron chi connectivity index (χ4n) is 3.44. The summed E-state index contributed by atoms with van der Waals surface area (Å²) in [6.07, 6.45) is 3.13. The standard InChI is InChI=1S/C24H16ClN5O2S/c1-14(31)28-21-13-27-23(33-21)16-8-6-15(7-9-16)22-29-19-5-3-2-4-18(19)24(32)30(22)20-11-10-17(25)12-26-20/h2-13H,1H3,(H,28,31). The van der Waals surface area contributed by atoms with Gasteiger partial charge >= 0.3 is 0 Å². The third kappa shape index (κ3) is 4.13. The molecule has 0 spiro atoms. The molecule has 9 heteroatoms. The number of nitrogens with zero attached hydrogens (tertiary/aromatic N) is 4. The highest BCUT2D eigenvalue weighted by Gasteiger charge is 2.16. The van der Waals surface area contributed by atoms with E-state index in [1.807, 2.05) is 42.5 Å². The number of fused-ring (bicyclic) bond motifs is 1. The Morgan fingerprint density at radius 2 is 1.73 bits per heavy atom. The number of aromatic nitrogens is 4. The molecule has 0 radical (unpaired) electrons. The summed E-state index contributed by atoms with van der Waals surface area (Å²) in [4.78, 5) is 38.2. The Hall–Kier alpha value is -3.88. The zero-order valence-electron chi connectivity index (χ0n) is 17.3. The second kappa shape index (κ2) is 8.57. The summed E-state index contributed by atoms with van der Waals surface area (Å²) in [5.74, 6) is 0.761. The summed E-state index contributed by atoms with van der Waals surface area (Å²) in [6.45, 7) is 1.46. The molecule has 0 aliphatic carbocycles. The number of benzene rings is 2. The monoisotopic (exact) mass is 473 g/mol. The topological polar surface area (TPSA) is 89.8 Å². The Morgan fingerprint density at radius 3 is 2.45 bits per heavy atom. The molecule has 0 saturated heterocycles. The van der Waals surface area contributed by atoms with E-state index in [0.29, 0.717) is 32.6 Å². The Labute approximate surface area is 197 Å². The fraction of sp³-hybridized carbons (Fsp3) is 0.0417. The maximum atomic E-state index is 13.4. The predicted octanol–water partition coefficient (Wildman–Crippen LogP) is 5.18. The van der Waals surface area contributed by atoms with Crippen molar-refractivity contribution in [3.05, 3.63) is 88.4 Å². The molecule has 0 bridgehead atoms. The number of carbonyl (C=O) groups is 1. The van der Waals surface area contributed by atoms with Crippen molar-refractivity contribution in [1.29, 1.82) is 0 Å². The number of halogens is 1. The zero-order valence-corrected chi connectivity index (χ0v) is 18.9. The quantitative estimate of drug-likeness (QED) is 0.388. The number of anilines is 1. The van der Waals surface area contributed by atoms with Gasteiger partial charge in [-0.25, -0.2) is 19.5 Å². The van der Waals surface area contributed by atoms with Crippen LogP contribution in [-0.4, -0.2) is 25.4 Å². The number of hydrogen-bond acceptors (Lipinski definition) is 6. The molecule has 0 atom stereocenters. The van der Waals surface area contributed by atoms with Crippen molar-refractivity contribution in [2.24, 2.45) is 0 Å². The molecule has 0 aliphatic rings. The van der Waals surface area contributed by atoms with E-state index in [1.165, 1.54) is 29.0 Å². The lowest BCUT2D eigenvalue weighted by Crippen LogP contribution is -2.22. The largest absolute Gasteiger partial charge is 0.317 e. The lowest BCUT2D eigenvalue weighted by molar-refractivity contribution is -0.114. The van der Waals surface area contributed by atoms with Gasteiger partial charge in [0.2, 0.25) is 5.91 Å². The summed E-state index contributed by atoms with van der Waals surface area (Å²) in [6, 6.07) is 18.2. The highest BCUT2D eigenvalue weighted by atomic mass is 35.5. The molecular weight excluding hydrogens is 458 g/mol. The van der Waals surface area contributed by atoms with E-state index in [-0.39, 0.29) is 11.5 Å². The third-order valence-electron chi connectivity index (χ3n) is 4.91. The molecule has 3 heterocycles. The summed E-state index contributed by atoms with van der Waals surface area (Å²) < 4.78 is 1.49. The van der Waals surface area contributed by atoms with Crippen molar-refractivity contribution in [1.82, 2.24) is 19.5 Å². The predicted molar refractivity (Wildman–Crippen MR) is 131 cm³/mol. The molecule has 7 nitrogen and oxygen atoms in total. The van der Waals surface area contributed by atoms with Gasteiger partial charge in [-0.05, 0) is 24.3 Å². The number of rotatable bonds is 4. The maximum Gasteiger partial charge on any atom is 0.267 e. The van der Waals surface area contributed by atoms with Gasteiger partial charge in [0.15, 0.2) is 0 Å². The number of pyridine rings is 1. The van der Waals surface area contributed by atoms with Gasteiger partial charge in [0.1, 0.15) is 21.7 Å². The molecule has 5 rings (SSSR count). The average molecular weight is 474 g/mol. The molecule has 0 saturated carbocycles. The van der Waals surface area contributed by atoms with Crippen LogP contribution in [0.5, 0.6) is 0 Å². The average Bonchev–Trinajstić information content (AvgIpc) is 3.28. The molecular formula is C24H16ClN5O2S. The van der Waals surface area contributed by atoms with Crippen molar-refractivity contribution in [3.8, 4) is 27.8 Å². The Balaban J connectivity index is 1.62. The number of para-hydroxylation sites is 1. The second-order valence-corrected chi connectivity index (χ2v) is 8.68. The molecule has 3 aromatic heterocycles. The highest BCUT2D eigenvalue weighted by Crippen LogP contribution is 2.30. The summed E-state index contributed by atoms with van der Waals surface area (Å²) in [5, 5.41) is 5.17. The van der Waals surface area contributed by atoms with Crippen LogP contribution in [0.1, 0.15) is 6.92 Å². The minimum Gasteiger partial charge on any atom is -0.317 e. The first kappa shape index (κ1) is 21.0. The van der Waals surface area contributed by atoms with E-state index in [2.05, 4.69) is 15.3 Å².